The van der Waals surface area contributed by atoms with Gasteiger partial charge in [-0.25, -0.2) is 0 Å². The molecule has 4 rings (SSSR count). The molecule has 2 aliphatic heterocycles. The fraction of sp³-hybridized carbons (Fsp3) is 0.423. The van der Waals surface area contributed by atoms with Crippen molar-refractivity contribution in [1.29, 1.82) is 0 Å². The van der Waals surface area contributed by atoms with Crippen LogP contribution in [-0.2, 0) is 4.79 Å². The van der Waals surface area contributed by atoms with Crippen molar-refractivity contribution in [3.8, 4) is 0 Å². The number of anilines is 2. The van der Waals surface area contributed by atoms with E-state index < -0.39 is 0 Å². The van der Waals surface area contributed by atoms with Crippen molar-refractivity contribution in [2.75, 3.05) is 49.5 Å². The third-order valence-electron chi connectivity index (χ3n) is 6.58. The summed E-state index contributed by atoms with van der Waals surface area (Å²) in [5.41, 5.74) is 4.85. The number of hydrogen-bond donors (Lipinski definition) is 1. The maximum atomic E-state index is 12.6. The lowest BCUT2D eigenvalue weighted by molar-refractivity contribution is -0.116. The second kappa shape index (κ2) is 9.75. The molecule has 0 spiro atoms. The van der Waals surface area contributed by atoms with Crippen molar-refractivity contribution in [3.05, 3.63) is 58.7 Å². The molecule has 0 aliphatic carbocycles. The topological polar surface area (TPSA) is 73.0 Å². The molecule has 0 aromatic heterocycles. The molecule has 2 aromatic carbocycles. The number of nitrogens with zero attached hydrogens (tertiary/aromatic N) is 3. The van der Waals surface area contributed by atoms with Gasteiger partial charge in [0.2, 0.25) is 5.91 Å². The number of amides is 3. The normalized spacial score (nSPS) is 16.3. The smallest absolute Gasteiger partial charge is 0.261 e. The summed E-state index contributed by atoms with van der Waals surface area (Å²) in [5.74, 6) is -0.665. The maximum absolute atomic E-state index is 12.6. The van der Waals surface area contributed by atoms with Crippen LogP contribution in [-0.4, -0.2) is 66.8 Å². The van der Waals surface area contributed by atoms with Gasteiger partial charge >= 0.3 is 0 Å². The van der Waals surface area contributed by atoms with E-state index in [0.717, 1.165) is 49.5 Å². The van der Waals surface area contributed by atoms with Gasteiger partial charge in [0.1, 0.15) is 0 Å². The first-order valence-electron chi connectivity index (χ1n) is 11.7. The number of benzene rings is 2. The Labute approximate surface area is 195 Å². The summed E-state index contributed by atoms with van der Waals surface area (Å²) >= 11 is 0. The van der Waals surface area contributed by atoms with Gasteiger partial charge in [0.05, 0.1) is 11.1 Å². The van der Waals surface area contributed by atoms with E-state index in [1.54, 1.807) is 12.1 Å². The minimum atomic E-state index is -0.276. The van der Waals surface area contributed by atoms with Gasteiger partial charge in [0, 0.05) is 50.5 Å². The van der Waals surface area contributed by atoms with Gasteiger partial charge in [-0.15, -0.1) is 0 Å². The van der Waals surface area contributed by atoms with E-state index in [4.69, 9.17) is 0 Å². The van der Waals surface area contributed by atoms with Gasteiger partial charge < -0.3 is 15.1 Å². The zero-order valence-electron chi connectivity index (χ0n) is 19.7. The average molecular weight is 449 g/mol. The van der Waals surface area contributed by atoms with Crippen molar-refractivity contribution < 1.29 is 14.4 Å². The van der Waals surface area contributed by atoms with Gasteiger partial charge in [-0.3, -0.25) is 19.3 Å². The van der Waals surface area contributed by atoms with Gasteiger partial charge in [-0.05, 0) is 62.7 Å². The first-order chi connectivity index (χ1) is 15.9. The molecule has 7 nitrogen and oxygen atoms in total. The maximum Gasteiger partial charge on any atom is 0.261 e. The third-order valence-corrected chi connectivity index (χ3v) is 6.58. The molecule has 0 atom stereocenters. The number of carbonyl (C=O) groups excluding carboxylic acids is 3. The van der Waals surface area contributed by atoms with Crippen molar-refractivity contribution in [2.24, 2.45) is 0 Å². The lowest BCUT2D eigenvalue weighted by Gasteiger charge is -2.35. The van der Waals surface area contributed by atoms with E-state index >= 15 is 0 Å². The van der Waals surface area contributed by atoms with E-state index in [2.05, 4.69) is 34.2 Å². The van der Waals surface area contributed by atoms with Gasteiger partial charge in [-0.2, -0.15) is 0 Å². The third kappa shape index (κ3) is 4.93. The van der Waals surface area contributed by atoms with E-state index in [9.17, 15) is 14.4 Å². The number of carbonyl (C=O) groups is 3. The van der Waals surface area contributed by atoms with E-state index in [1.807, 2.05) is 26.0 Å². The van der Waals surface area contributed by atoms with Gasteiger partial charge in [0.25, 0.3) is 11.8 Å². The molecule has 2 aliphatic rings. The Kier molecular flexibility index (Phi) is 6.79. The quantitative estimate of drug-likeness (QED) is 0.657. The first-order valence-corrected chi connectivity index (χ1v) is 11.7. The van der Waals surface area contributed by atoms with Gasteiger partial charge in [-0.1, -0.05) is 18.6 Å². The molecule has 174 valence electrons. The summed E-state index contributed by atoms with van der Waals surface area (Å²) in [4.78, 5) is 43.7. The van der Waals surface area contributed by atoms with Crippen LogP contribution in [0.4, 0.5) is 11.4 Å². The van der Waals surface area contributed by atoms with E-state index in [0.29, 0.717) is 17.5 Å². The highest BCUT2D eigenvalue weighted by Gasteiger charge is 2.35. The molecule has 0 bridgehead atoms. The molecular weight excluding hydrogens is 416 g/mol. The molecule has 2 heterocycles. The molecular formula is C26H32N4O3. The average Bonchev–Trinajstić information content (AvgIpc) is 3.04. The summed E-state index contributed by atoms with van der Waals surface area (Å²) in [6, 6.07) is 11.4. The predicted octanol–water partition coefficient (Wildman–Crippen LogP) is 3.46. The van der Waals surface area contributed by atoms with Crippen LogP contribution in [0.5, 0.6) is 0 Å². The Balaban J connectivity index is 1.28. The minimum absolute atomic E-state index is 0.116. The fourth-order valence-corrected chi connectivity index (χ4v) is 4.53. The highest BCUT2D eigenvalue weighted by molar-refractivity contribution is 6.21. The number of likely N-dealkylation sites (N-methyl/N-ethyl adjacent to an activating group) is 1. The number of rotatable bonds is 7. The van der Waals surface area contributed by atoms with Crippen molar-refractivity contribution in [2.45, 2.75) is 33.6 Å². The van der Waals surface area contributed by atoms with Gasteiger partial charge in [0.15, 0.2) is 0 Å². The van der Waals surface area contributed by atoms with Crippen molar-refractivity contribution in [3.63, 3.8) is 0 Å². The standard InChI is InChI=1S/C26H32N4O3/c1-4-28-12-14-29(15-13-28)20-8-10-23(19(3)17-20)27-24(31)6-5-11-30-25(32)21-9-7-18(2)16-22(21)26(30)33/h7-10,16-17H,4-6,11-15H2,1-3H3,(H,27,31). The van der Waals surface area contributed by atoms with Crippen LogP contribution in [0.25, 0.3) is 0 Å². The van der Waals surface area contributed by atoms with Crippen molar-refractivity contribution >= 4 is 29.1 Å². The fourth-order valence-electron chi connectivity index (χ4n) is 4.53. The SMILES string of the molecule is CCN1CCN(c2ccc(NC(=O)CCCN3C(=O)c4ccc(C)cc4C3=O)c(C)c2)CC1. The lowest BCUT2D eigenvalue weighted by atomic mass is 10.1. The zero-order valence-corrected chi connectivity index (χ0v) is 19.7. The molecule has 0 saturated carbocycles. The molecule has 1 fully saturated rings. The molecule has 0 unspecified atom stereocenters. The molecule has 33 heavy (non-hydrogen) atoms. The monoisotopic (exact) mass is 448 g/mol. The Hall–Kier alpha value is -3.19. The zero-order chi connectivity index (χ0) is 23.5. The molecule has 2 aromatic rings. The summed E-state index contributed by atoms with van der Waals surface area (Å²) in [6.45, 7) is 11.6. The Bertz CT molecular complexity index is 1070. The van der Waals surface area contributed by atoms with Crippen LogP contribution in [0.2, 0.25) is 0 Å². The number of aryl methyl sites for hydroxylation is 2. The number of piperazine rings is 1. The van der Waals surface area contributed by atoms with Crippen LogP contribution in [0.3, 0.4) is 0 Å². The highest BCUT2D eigenvalue weighted by Crippen LogP contribution is 2.25. The Morgan fingerprint density at radius 2 is 1.67 bits per heavy atom. The van der Waals surface area contributed by atoms with Crippen LogP contribution >= 0.6 is 0 Å². The van der Waals surface area contributed by atoms with E-state index in [1.165, 1.54) is 10.6 Å². The molecule has 7 heteroatoms. The molecule has 0 radical (unpaired) electrons. The van der Waals surface area contributed by atoms with Crippen LogP contribution in [0, 0.1) is 13.8 Å². The first kappa shape index (κ1) is 23.0. The van der Waals surface area contributed by atoms with Crippen molar-refractivity contribution in [1.82, 2.24) is 9.80 Å². The Morgan fingerprint density at radius 1 is 0.939 bits per heavy atom. The highest BCUT2D eigenvalue weighted by atomic mass is 16.2. The summed E-state index contributed by atoms with van der Waals surface area (Å²) in [6.07, 6.45) is 0.668. The molecule has 1 N–H and O–H groups in total. The molecule has 3 amide bonds. The largest absolute Gasteiger partial charge is 0.369 e. The number of fused-ring (bicyclic) bond motifs is 1. The molecule has 1 saturated heterocycles. The predicted molar refractivity (Wildman–Crippen MR) is 130 cm³/mol. The number of nitrogens with one attached hydrogen (secondary N) is 1. The second-order valence-electron chi connectivity index (χ2n) is 8.88. The van der Waals surface area contributed by atoms with Crippen LogP contribution in [0.1, 0.15) is 51.6 Å². The lowest BCUT2D eigenvalue weighted by Crippen LogP contribution is -2.46. The summed E-state index contributed by atoms with van der Waals surface area (Å²) in [5, 5.41) is 2.97. The van der Waals surface area contributed by atoms with Crippen LogP contribution in [0.15, 0.2) is 36.4 Å². The minimum Gasteiger partial charge on any atom is -0.369 e. The summed E-state index contributed by atoms with van der Waals surface area (Å²) < 4.78 is 0. The van der Waals surface area contributed by atoms with Crippen LogP contribution < -0.4 is 10.2 Å². The second-order valence-corrected chi connectivity index (χ2v) is 8.88. The Morgan fingerprint density at radius 3 is 2.36 bits per heavy atom. The number of imide groups is 1. The van der Waals surface area contributed by atoms with E-state index in [-0.39, 0.29) is 30.7 Å². The summed E-state index contributed by atoms with van der Waals surface area (Å²) in [7, 11) is 0. The number of hydrogen-bond acceptors (Lipinski definition) is 5.